The van der Waals surface area contributed by atoms with Crippen LogP contribution in [0.3, 0.4) is 0 Å². The van der Waals surface area contributed by atoms with Crippen LogP contribution in [0.25, 0.3) is 0 Å². The van der Waals surface area contributed by atoms with Crippen molar-refractivity contribution in [2.45, 2.75) is 128 Å². The molecule has 11 atom stereocenters. The number of methoxy groups -OCH3 is 1. The lowest BCUT2D eigenvalue weighted by Crippen LogP contribution is -2.82. The van der Waals surface area contributed by atoms with Crippen LogP contribution in [0, 0.1) is 16.7 Å². The summed E-state index contributed by atoms with van der Waals surface area (Å²) in [6.45, 7) is 11.2. The molecule has 17 heteroatoms. The monoisotopic (exact) mass is 895 g/mol. The minimum Gasteiger partial charge on any atom is -0.456 e. The lowest BCUT2D eigenvalue weighted by Gasteiger charge is -2.68. The van der Waals surface area contributed by atoms with Gasteiger partial charge in [0, 0.05) is 32.3 Å². The molecule has 4 aliphatic rings. The van der Waals surface area contributed by atoms with E-state index in [1.807, 2.05) is 0 Å². The molecule has 0 aromatic heterocycles. The van der Waals surface area contributed by atoms with Crippen molar-refractivity contribution in [2.24, 2.45) is 16.7 Å². The summed E-state index contributed by atoms with van der Waals surface area (Å²) in [6, 6.07) is 14.8. The maximum absolute atomic E-state index is 15.9. The van der Waals surface area contributed by atoms with Crippen LogP contribution < -0.4 is 5.32 Å². The third kappa shape index (κ3) is 8.83. The number of ether oxygens (including phenoxy) is 8. The molecular weight excluding hydrogens is 835 g/mol. The van der Waals surface area contributed by atoms with E-state index in [1.165, 1.54) is 26.2 Å². The fourth-order valence-electron chi connectivity index (χ4n) is 10.2. The first-order valence-electron chi connectivity index (χ1n) is 21.4. The summed E-state index contributed by atoms with van der Waals surface area (Å²) in [5, 5.41) is 38.3. The number of alkyl carbamates (subject to hydrolysis) is 1. The van der Waals surface area contributed by atoms with Crippen molar-refractivity contribution in [3.63, 3.8) is 0 Å². The van der Waals surface area contributed by atoms with Crippen LogP contribution >= 0.6 is 0 Å². The van der Waals surface area contributed by atoms with Crippen molar-refractivity contribution in [3.05, 3.63) is 82.9 Å². The molecule has 1 aliphatic heterocycles. The zero-order valence-electron chi connectivity index (χ0n) is 37.8. The van der Waals surface area contributed by atoms with Gasteiger partial charge < -0.3 is 58.5 Å². The normalized spacial score (nSPS) is 31.7. The molecular formula is C47H61NO16. The van der Waals surface area contributed by atoms with E-state index >= 15 is 4.79 Å². The standard InChI is InChI=1S/C47H61NO16/c1-26-30(61-41(54)35(51)34(28-16-12-10-13-17-28)48-42(55)64-43(3,4)5)23-47(56)39(62-40(53)29-18-14-11-15-19-29)37-45(8,38(52)36(58-21-20-49)33(26)44(47,6)7)31(60-25-57-9)22-32-46(37,24-59-32)63-27(2)50/h10-19,30-32,34-37,39,49,51,56H,20-25H2,1-9H3,(H,48,55)/t30-,31-,32+,34-,35+,36+,37?,39-,45+,46-,47+/m0/s1. The SMILES string of the molecule is COCO[C@H]1C[C@H]2OC[C@@]2(OC(C)=O)C2[C@H](OC(=O)c3ccccc3)[C@]3(O)C[C@H](OC(=O)[C@H](O)[C@@H](NC(=O)OC(C)(C)C)c4ccccc4)C(C)=C([C@@H](OCCO)C(=O)[C@@]21C)C3(C)C. The molecule has 3 aliphatic carbocycles. The Hall–Kier alpha value is -4.75. The Kier molecular flexibility index (Phi) is 14.2. The zero-order chi connectivity index (χ0) is 47.0. The van der Waals surface area contributed by atoms with Gasteiger partial charge in [-0.1, -0.05) is 62.4 Å². The fraction of sp³-hybridized carbons (Fsp3) is 0.596. The molecule has 1 unspecified atom stereocenters. The first-order valence-corrected chi connectivity index (χ1v) is 21.4. The Morgan fingerprint density at radius 3 is 2.17 bits per heavy atom. The van der Waals surface area contributed by atoms with Gasteiger partial charge in [0.05, 0.1) is 48.9 Å². The summed E-state index contributed by atoms with van der Waals surface area (Å²) in [4.78, 5) is 70.9. The molecule has 6 rings (SSSR count). The molecule has 3 fully saturated rings. The van der Waals surface area contributed by atoms with Crippen molar-refractivity contribution in [3.8, 4) is 0 Å². The number of carbonyl (C=O) groups is 5. The summed E-state index contributed by atoms with van der Waals surface area (Å²) in [5.74, 6) is -4.90. The van der Waals surface area contributed by atoms with Gasteiger partial charge in [-0.3, -0.25) is 9.59 Å². The van der Waals surface area contributed by atoms with Gasteiger partial charge in [0.15, 0.2) is 17.5 Å². The molecule has 2 bridgehead atoms. The largest absolute Gasteiger partial charge is 0.456 e. The Balaban J connectivity index is 1.56. The lowest BCUT2D eigenvalue weighted by molar-refractivity contribution is -0.351. The number of esters is 3. The molecule has 2 aromatic rings. The number of Topliss-reactive ketones (excluding diaryl/α,β-unsaturated/α-hetero) is 1. The van der Waals surface area contributed by atoms with E-state index in [2.05, 4.69) is 5.32 Å². The number of benzene rings is 2. The summed E-state index contributed by atoms with van der Waals surface area (Å²) in [5.41, 5.74) is -7.47. The lowest BCUT2D eigenvalue weighted by atomic mass is 9.44. The second-order valence-electron chi connectivity index (χ2n) is 18.7. The Morgan fingerprint density at radius 1 is 0.969 bits per heavy atom. The molecule has 64 heavy (non-hydrogen) atoms. The second kappa shape index (κ2) is 18.6. The summed E-state index contributed by atoms with van der Waals surface area (Å²) < 4.78 is 48.3. The fourth-order valence-corrected chi connectivity index (χ4v) is 10.2. The molecule has 4 N–H and O–H groups in total. The Labute approximate surface area is 372 Å². The van der Waals surface area contributed by atoms with Gasteiger partial charge in [0.25, 0.3) is 0 Å². The molecule has 0 spiro atoms. The minimum absolute atomic E-state index is 0.0132. The van der Waals surface area contributed by atoms with E-state index < -0.39 is 119 Å². The summed E-state index contributed by atoms with van der Waals surface area (Å²) >= 11 is 0. The van der Waals surface area contributed by atoms with Crippen LogP contribution in [0.4, 0.5) is 4.79 Å². The van der Waals surface area contributed by atoms with Crippen LogP contribution in [0.2, 0.25) is 0 Å². The number of hydrogen-bond donors (Lipinski definition) is 4. The molecule has 17 nitrogen and oxygen atoms in total. The van der Waals surface area contributed by atoms with E-state index in [1.54, 1.807) is 97.0 Å². The van der Waals surface area contributed by atoms with Crippen molar-refractivity contribution < 1.29 is 77.2 Å². The van der Waals surface area contributed by atoms with E-state index in [0.717, 1.165) is 0 Å². The van der Waals surface area contributed by atoms with Gasteiger partial charge in [-0.15, -0.1) is 0 Å². The third-order valence-electron chi connectivity index (χ3n) is 13.3. The van der Waals surface area contributed by atoms with Crippen molar-refractivity contribution in [2.75, 3.05) is 33.7 Å². The average Bonchev–Trinajstić information content (AvgIpc) is 3.23. The maximum Gasteiger partial charge on any atom is 0.408 e. The average molecular weight is 896 g/mol. The first kappa shape index (κ1) is 48.7. The molecule has 0 radical (unpaired) electrons. The molecule has 1 heterocycles. The second-order valence-corrected chi connectivity index (χ2v) is 18.7. The number of aliphatic hydroxyl groups excluding tert-OH is 2. The molecule has 2 saturated carbocycles. The van der Waals surface area contributed by atoms with E-state index in [-0.39, 0.29) is 43.1 Å². The predicted octanol–water partition coefficient (Wildman–Crippen LogP) is 3.90. The van der Waals surface area contributed by atoms with Crippen molar-refractivity contribution >= 4 is 29.8 Å². The van der Waals surface area contributed by atoms with Gasteiger partial charge in [-0.2, -0.15) is 0 Å². The van der Waals surface area contributed by atoms with Gasteiger partial charge in [0.2, 0.25) is 0 Å². The highest BCUT2D eigenvalue weighted by atomic mass is 16.7. The number of nitrogens with one attached hydrogen (secondary N) is 1. The number of ketones is 1. The maximum atomic E-state index is 15.9. The number of hydrogen-bond acceptors (Lipinski definition) is 16. The van der Waals surface area contributed by atoms with Gasteiger partial charge in [-0.05, 0) is 63.5 Å². The molecule has 1 saturated heterocycles. The number of fused-ring (bicyclic) bond motifs is 5. The zero-order valence-corrected chi connectivity index (χ0v) is 37.8. The highest BCUT2D eigenvalue weighted by molar-refractivity contribution is 5.94. The minimum atomic E-state index is -2.32. The number of amides is 1. The van der Waals surface area contributed by atoms with Crippen LogP contribution in [-0.4, -0.2) is 132 Å². The molecule has 2 aromatic carbocycles. The number of aliphatic hydroxyl groups is 3. The van der Waals surface area contributed by atoms with Crippen LogP contribution in [0.1, 0.15) is 90.2 Å². The van der Waals surface area contributed by atoms with E-state index in [9.17, 15) is 34.5 Å². The van der Waals surface area contributed by atoms with Gasteiger partial charge in [0.1, 0.15) is 42.4 Å². The van der Waals surface area contributed by atoms with Crippen molar-refractivity contribution in [1.82, 2.24) is 5.32 Å². The van der Waals surface area contributed by atoms with E-state index in [4.69, 9.17) is 37.9 Å². The quantitative estimate of drug-likeness (QED) is 0.0912. The smallest absolute Gasteiger partial charge is 0.408 e. The number of rotatable bonds is 14. The number of carbonyl (C=O) groups excluding carboxylic acids is 5. The Morgan fingerprint density at radius 2 is 1.61 bits per heavy atom. The van der Waals surface area contributed by atoms with Crippen molar-refractivity contribution in [1.29, 1.82) is 0 Å². The topological polar surface area (TPSA) is 232 Å². The highest BCUT2D eigenvalue weighted by Crippen LogP contribution is 2.65. The molecule has 350 valence electrons. The summed E-state index contributed by atoms with van der Waals surface area (Å²) in [7, 11) is 1.40. The third-order valence-corrected chi connectivity index (χ3v) is 13.3. The predicted molar refractivity (Wildman–Crippen MR) is 225 cm³/mol. The van der Waals surface area contributed by atoms with E-state index in [0.29, 0.717) is 5.56 Å². The molecule has 1 amide bonds. The van der Waals surface area contributed by atoms with Crippen LogP contribution in [0.15, 0.2) is 71.8 Å². The van der Waals surface area contributed by atoms with Crippen LogP contribution in [0.5, 0.6) is 0 Å². The van der Waals surface area contributed by atoms with Crippen LogP contribution in [-0.2, 0) is 52.3 Å². The van der Waals surface area contributed by atoms with Gasteiger partial charge >= 0.3 is 24.0 Å². The van der Waals surface area contributed by atoms with Gasteiger partial charge in [-0.25, -0.2) is 14.4 Å². The Bertz CT molecular complexity index is 2090. The summed E-state index contributed by atoms with van der Waals surface area (Å²) in [6.07, 6.45) is -10.2. The highest BCUT2D eigenvalue weighted by Gasteiger charge is 2.78. The first-order chi connectivity index (χ1) is 30.1.